The Morgan fingerprint density at radius 2 is 1.89 bits per heavy atom. The summed E-state index contributed by atoms with van der Waals surface area (Å²) < 4.78 is 0. The van der Waals surface area contributed by atoms with Crippen LogP contribution in [0.1, 0.15) is 18.3 Å². The molecule has 2 unspecified atom stereocenters. The van der Waals surface area contributed by atoms with Gasteiger partial charge in [-0.3, -0.25) is 0 Å². The van der Waals surface area contributed by atoms with Crippen LogP contribution < -0.4 is 10.2 Å². The molecular weight excluding hydrogens is 232 g/mol. The molecule has 1 aromatic heterocycles. The third-order valence-corrected chi connectivity index (χ3v) is 3.28. The Morgan fingerprint density at radius 3 is 2.39 bits per heavy atom. The van der Waals surface area contributed by atoms with E-state index in [1.807, 2.05) is 25.8 Å². The topological polar surface area (TPSA) is 81.5 Å². The first-order valence-corrected chi connectivity index (χ1v) is 6.23. The molecule has 1 aliphatic rings. The highest BCUT2D eigenvalue weighted by Crippen LogP contribution is 2.26. The minimum Gasteiger partial charge on any atom is -0.389 e. The van der Waals surface area contributed by atoms with E-state index in [1.54, 1.807) is 0 Å². The normalized spacial score (nSPS) is 23.5. The fraction of sp³-hybridized carbons (Fsp3) is 0.667. The van der Waals surface area contributed by atoms with Gasteiger partial charge < -0.3 is 20.4 Å². The minimum absolute atomic E-state index is 0.408. The van der Waals surface area contributed by atoms with Gasteiger partial charge in [0.05, 0.1) is 12.2 Å². The molecule has 0 radical (unpaired) electrons. The van der Waals surface area contributed by atoms with Crippen molar-refractivity contribution >= 4 is 11.6 Å². The van der Waals surface area contributed by atoms with Gasteiger partial charge in [-0.25, -0.2) is 9.97 Å². The monoisotopic (exact) mass is 252 g/mol. The van der Waals surface area contributed by atoms with E-state index in [-0.39, 0.29) is 0 Å². The second kappa shape index (κ2) is 5.07. The number of β-amino-alcohol motifs (C(OH)–C–C–N with tert-alkyl or cyclic N) is 2. The molecule has 1 fully saturated rings. The highest BCUT2D eigenvalue weighted by molar-refractivity contribution is 5.59. The molecule has 100 valence electrons. The lowest BCUT2D eigenvalue weighted by Crippen LogP contribution is -2.24. The third-order valence-electron chi connectivity index (χ3n) is 3.28. The molecule has 18 heavy (non-hydrogen) atoms. The van der Waals surface area contributed by atoms with Crippen LogP contribution in [0, 0.1) is 6.92 Å². The number of aromatic nitrogens is 2. The molecule has 0 saturated carbocycles. The number of nitrogens with zero attached hydrogens (tertiary/aromatic N) is 3. The van der Waals surface area contributed by atoms with Crippen LogP contribution in [0.25, 0.3) is 0 Å². The van der Waals surface area contributed by atoms with E-state index in [9.17, 15) is 10.2 Å². The molecule has 3 N–H and O–H groups in total. The quantitative estimate of drug-likeness (QED) is 0.699. The first-order valence-electron chi connectivity index (χ1n) is 6.23. The summed E-state index contributed by atoms with van der Waals surface area (Å²) in [6.45, 7) is 4.76. The van der Waals surface area contributed by atoms with Crippen molar-refractivity contribution < 1.29 is 10.2 Å². The van der Waals surface area contributed by atoms with Crippen molar-refractivity contribution in [1.29, 1.82) is 0 Å². The number of hydrogen-bond acceptors (Lipinski definition) is 6. The highest BCUT2D eigenvalue weighted by Gasteiger charge is 2.31. The van der Waals surface area contributed by atoms with Gasteiger partial charge in [-0.1, -0.05) is 6.92 Å². The lowest BCUT2D eigenvalue weighted by molar-refractivity contribution is 0.0572. The maximum Gasteiger partial charge on any atom is 0.137 e. The Balaban J connectivity index is 2.37. The van der Waals surface area contributed by atoms with E-state index >= 15 is 0 Å². The molecule has 0 bridgehead atoms. The van der Waals surface area contributed by atoms with Crippen LogP contribution in [0.5, 0.6) is 0 Å². The van der Waals surface area contributed by atoms with Crippen molar-refractivity contribution in [1.82, 2.24) is 9.97 Å². The molecule has 0 aromatic carbocycles. The fourth-order valence-electron chi connectivity index (χ4n) is 2.20. The standard InChI is InChI=1S/C12H20N4O2/c1-4-10-14-11(13-3)7(2)12(15-10)16-5-8(17)9(18)6-16/h8-9,17-18H,4-6H2,1-3H3,(H,13,14,15). The fourth-order valence-corrected chi connectivity index (χ4v) is 2.20. The Kier molecular flexibility index (Phi) is 3.68. The van der Waals surface area contributed by atoms with E-state index in [0.29, 0.717) is 13.1 Å². The van der Waals surface area contributed by atoms with Gasteiger partial charge in [0, 0.05) is 32.1 Å². The molecule has 6 heteroatoms. The maximum atomic E-state index is 9.62. The van der Waals surface area contributed by atoms with Crippen molar-refractivity contribution in [2.75, 3.05) is 30.4 Å². The molecule has 6 nitrogen and oxygen atoms in total. The third kappa shape index (κ3) is 2.26. The lowest BCUT2D eigenvalue weighted by Gasteiger charge is -2.21. The van der Waals surface area contributed by atoms with Gasteiger partial charge in [0.1, 0.15) is 17.5 Å². The van der Waals surface area contributed by atoms with Crippen LogP contribution in [0.3, 0.4) is 0 Å². The summed E-state index contributed by atoms with van der Waals surface area (Å²) in [5.74, 6) is 2.35. The predicted molar refractivity (Wildman–Crippen MR) is 69.9 cm³/mol. The van der Waals surface area contributed by atoms with Crippen LogP contribution >= 0.6 is 0 Å². The Bertz CT molecular complexity index is 428. The molecule has 2 atom stereocenters. The number of aliphatic hydroxyl groups excluding tert-OH is 2. The molecule has 1 aliphatic heterocycles. The highest BCUT2D eigenvalue weighted by atomic mass is 16.3. The molecule has 2 rings (SSSR count). The van der Waals surface area contributed by atoms with Crippen LogP contribution in [0.15, 0.2) is 0 Å². The lowest BCUT2D eigenvalue weighted by atomic mass is 10.2. The van der Waals surface area contributed by atoms with Gasteiger partial charge >= 0.3 is 0 Å². The average molecular weight is 252 g/mol. The molecule has 0 aliphatic carbocycles. The van der Waals surface area contributed by atoms with Gasteiger partial charge in [-0.15, -0.1) is 0 Å². The zero-order valence-corrected chi connectivity index (χ0v) is 11.0. The Morgan fingerprint density at radius 1 is 1.28 bits per heavy atom. The van der Waals surface area contributed by atoms with Crippen molar-refractivity contribution in [2.45, 2.75) is 32.5 Å². The summed E-state index contributed by atoms with van der Waals surface area (Å²) in [4.78, 5) is 10.8. The Labute approximate surface area is 107 Å². The number of aryl methyl sites for hydroxylation is 1. The summed E-state index contributed by atoms with van der Waals surface area (Å²) in [6.07, 6.45) is -0.661. The molecule has 1 aromatic rings. The average Bonchev–Trinajstić information content (AvgIpc) is 2.69. The Hall–Kier alpha value is -1.40. The predicted octanol–water partition coefficient (Wildman–Crippen LogP) is -0.0691. The number of hydrogen-bond donors (Lipinski definition) is 3. The van der Waals surface area contributed by atoms with Crippen LogP contribution in [-0.2, 0) is 6.42 Å². The summed E-state index contributed by atoms with van der Waals surface area (Å²) in [7, 11) is 1.83. The van der Waals surface area contributed by atoms with Crippen molar-refractivity contribution in [3.8, 4) is 0 Å². The first-order chi connectivity index (χ1) is 8.56. The van der Waals surface area contributed by atoms with Gasteiger partial charge in [-0.2, -0.15) is 0 Å². The van der Waals surface area contributed by atoms with E-state index in [0.717, 1.165) is 29.4 Å². The molecule has 0 spiro atoms. The zero-order chi connectivity index (χ0) is 13.3. The minimum atomic E-state index is -0.706. The molecular formula is C12H20N4O2. The SMILES string of the molecule is CCc1nc(NC)c(C)c(N2CC(O)C(O)C2)n1. The zero-order valence-electron chi connectivity index (χ0n) is 11.0. The first kappa shape index (κ1) is 13.0. The molecule has 2 heterocycles. The number of rotatable bonds is 3. The smallest absolute Gasteiger partial charge is 0.137 e. The number of anilines is 2. The van der Waals surface area contributed by atoms with E-state index in [4.69, 9.17) is 0 Å². The molecule has 1 saturated heterocycles. The van der Waals surface area contributed by atoms with Gasteiger partial charge in [0.25, 0.3) is 0 Å². The van der Waals surface area contributed by atoms with Crippen LogP contribution in [0.2, 0.25) is 0 Å². The van der Waals surface area contributed by atoms with Crippen molar-refractivity contribution in [2.24, 2.45) is 0 Å². The van der Waals surface area contributed by atoms with E-state index in [2.05, 4.69) is 15.3 Å². The largest absolute Gasteiger partial charge is 0.389 e. The second-order valence-corrected chi connectivity index (χ2v) is 4.58. The van der Waals surface area contributed by atoms with Gasteiger partial charge in [0.15, 0.2) is 0 Å². The summed E-state index contributed by atoms with van der Waals surface area (Å²) in [5, 5.41) is 22.3. The number of aliphatic hydroxyl groups is 2. The maximum absolute atomic E-state index is 9.62. The van der Waals surface area contributed by atoms with E-state index < -0.39 is 12.2 Å². The van der Waals surface area contributed by atoms with Crippen LogP contribution in [0.4, 0.5) is 11.6 Å². The van der Waals surface area contributed by atoms with Crippen LogP contribution in [-0.4, -0.2) is 52.5 Å². The number of nitrogens with one attached hydrogen (secondary N) is 1. The summed E-state index contributed by atoms with van der Waals surface area (Å²) in [6, 6.07) is 0. The summed E-state index contributed by atoms with van der Waals surface area (Å²) in [5.41, 5.74) is 0.941. The van der Waals surface area contributed by atoms with E-state index in [1.165, 1.54) is 0 Å². The second-order valence-electron chi connectivity index (χ2n) is 4.58. The van der Waals surface area contributed by atoms with Crippen molar-refractivity contribution in [3.05, 3.63) is 11.4 Å². The molecule has 0 amide bonds. The van der Waals surface area contributed by atoms with Crippen molar-refractivity contribution in [3.63, 3.8) is 0 Å². The summed E-state index contributed by atoms with van der Waals surface area (Å²) >= 11 is 0. The van der Waals surface area contributed by atoms with Gasteiger partial charge in [-0.05, 0) is 6.92 Å². The van der Waals surface area contributed by atoms with Gasteiger partial charge in [0.2, 0.25) is 0 Å².